The molecular weight excluding hydrogens is 446 g/mol. The quantitative estimate of drug-likeness (QED) is 0.672. The Morgan fingerprint density at radius 3 is 2.60 bits per heavy atom. The number of amides is 1. The van der Waals surface area contributed by atoms with E-state index in [1.54, 1.807) is 17.8 Å². The molecule has 1 aromatic carbocycles. The minimum Gasteiger partial charge on any atom is -0.486 e. The van der Waals surface area contributed by atoms with E-state index in [0.29, 0.717) is 55.8 Å². The van der Waals surface area contributed by atoms with Gasteiger partial charge in [0, 0.05) is 25.1 Å². The maximum Gasteiger partial charge on any atom is 0.243 e. The van der Waals surface area contributed by atoms with Crippen molar-refractivity contribution in [1.29, 1.82) is 0 Å². The summed E-state index contributed by atoms with van der Waals surface area (Å²) < 4.78 is 39.5. The van der Waals surface area contributed by atoms with Crippen molar-refractivity contribution in [3.05, 3.63) is 23.9 Å². The highest BCUT2D eigenvalue weighted by Gasteiger charge is 2.33. The number of rotatable bonds is 5. The van der Waals surface area contributed by atoms with Crippen LogP contribution in [-0.2, 0) is 14.8 Å². The molecule has 1 saturated heterocycles. The van der Waals surface area contributed by atoms with Crippen molar-refractivity contribution in [2.75, 3.05) is 37.9 Å². The third-order valence-electron chi connectivity index (χ3n) is 5.15. The van der Waals surface area contributed by atoms with E-state index in [0.717, 1.165) is 9.90 Å². The second-order valence-corrected chi connectivity index (χ2v) is 11.1. The minimum absolute atomic E-state index is 0.104. The molecule has 0 spiro atoms. The number of thioether (sulfide) groups is 1. The van der Waals surface area contributed by atoms with Crippen LogP contribution in [0.25, 0.3) is 0 Å². The van der Waals surface area contributed by atoms with Crippen LogP contribution in [0.4, 0.5) is 5.13 Å². The molecule has 11 heteroatoms. The number of carbonyl (C=O) groups excluding carboxylic acids is 1. The summed E-state index contributed by atoms with van der Waals surface area (Å²) in [4.78, 5) is 17.2. The lowest BCUT2D eigenvalue weighted by Gasteiger charge is -2.30. The molecule has 0 atom stereocenters. The number of nitrogens with zero attached hydrogens (tertiary/aromatic N) is 2. The van der Waals surface area contributed by atoms with Gasteiger partial charge in [-0.25, -0.2) is 13.4 Å². The predicted molar refractivity (Wildman–Crippen MR) is 116 cm³/mol. The number of fused-ring (bicyclic) bond motifs is 1. The van der Waals surface area contributed by atoms with E-state index in [1.165, 1.54) is 27.8 Å². The number of nitrogens with one attached hydrogen (secondary N) is 1. The summed E-state index contributed by atoms with van der Waals surface area (Å²) in [6.07, 6.45) is 2.91. The highest BCUT2D eigenvalue weighted by atomic mass is 32.2. The number of hydrogen-bond acceptors (Lipinski definition) is 8. The summed E-state index contributed by atoms with van der Waals surface area (Å²) in [5.74, 6) is 0.656. The van der Waals surface area contributed by atoms with Crippen molar-refractivity contribution in [2.45, 2.75) is 28.9 Å². The summed E-state index contributed by atoms with van der Waals surface area (Å²) >= 11 is 3.06. The van der Waals surface area contributed by atoms with Crippen molar-refractivity contribution in [3.8, 4) is 11.5 Å². The van der Waals surface area contributed by atoms with Crippen LogP contribution in [0.3, 0.4) is 0 Å². The number of piperidine rings is 1. The van der Waals surface area contributed by atoms with E-state index in [1.807, 2.05) is 13.2 Å². The van der Waals surface area contributed by atoms with Gasteiger partial charge < -0.3 is 14.8 Å². The maximum absolute atomic E-state index is 13.0. The molecule has 30 heavy (non-hydrogen) atoms. The van der Waals surface area contributed by atoms with Gasteiger partial charge in [0.25, 0.3) is 0 Å². The Balaban J connectivity index is 1.39. The topological polar surface area (TPSA) is 97.8 Å². The molecule has 4 rings (SSSR count). The molecule has 0 saturated carbocycles. The van der Waals surface area contributed by atoms with Crippen LogP contribution in [0.1, 0.15) is 18.5 Å². The van der Waals surface area contributed by atoms with Crippen LogP contribution in [-0.4, -0.2) is 56.2 Å². The first-order chi connectivity index (χ1) is 14.4. The van der Waals surface area contributed by atoms with Gasteiger partial charge in [-0.15, -0.1) is 11.8 Å². The number of sulfonamides is 1. The lowest BCUT2D eigenvalue weighted by atomic mass is 9.97. The number of ether oxygens (including phenoxy) is 2. The van der Waals surface area contributed by atoms with E-state index >= 15 is 0 Å². The van der Waals surface area contributed by atoms with Gasteiger partial charge in [-0.2, -0.15) is 4.31 Å². The molecule has 162 valence electrons. The molecule has 0 radical (unpaired) electrons. The van der Waals surface area contributed by atoms with Crippen molar-refractivity contribution in [2.24, 2.45) is 5.92 Å². The van der Waals surface area contributed by atoms with E-state index in [-0.39, 0.29) is 16.7 Å². The van der Waals surface area contributed by atoms with Crippen LogP contribution < -0.4 is 14.8 Å². The number of benzene rings is 1. The van der Waals surface area contributed by atoms with E-state index in [9.17, 15) is 13.2 Å². The van der Waals surface area contributed by atoms with Crippen LogP contribution in [0.2, 0.25) is 0 Å². The molecule has 1 aromatic heterocycles. The molecule has 8 nitrogen and oxygen atoms in total. The van der Waals surface area contributed by atoms with Crippen molar-refractivity contribution >= 4 is 44.2 Å². The second-order valence-electron chi connectivity index (χ2n) is 7.07. The number of thiazole rings is 1. The molecule has 2 aromatic rings. The third kappa shape index (κ3) is 4.29. The first-order valence-electron chi connectivity index (χ1n) is 9.60. The average molecular weight is 470 g/mol. The summed E-state index contributed by atoms with van der Waals surface area (Å²) in [6.45, 7) is 3.35. The molecule has 1 fully saturated rings. The minimum atomic E-state index is -3.66. The van der Waals surface area contributed by atoms with Crippen molar-refractivity contribution in [3.63, 3.8) is 0 Å². The molecule has 1 amide bonds. The Kier molecular flexibility index (Phi) is 6.24. The molecule has 2 aliphatic heterocycles. The van der Waals surface area contributed by atoms with Gasteiger partial charge in [0.1, 0.15) is 13.2 Å². The fourth-order valence-electron chi connectivity index (χ4n) is 3.52. The Hall–Kier alpha value is -1.82. The largest absolute Gasteiger partial charge is 0.486 e. The Morgan fingerprint density at radius 2 is 1.93 bits per heavy atom. The number of carbonyl (C=O) groups is 1. The monoisotopic (exact) mass is 469 g/mol. The van der Waals surface area contributed by atoms with Gasteiger partial charge in [0.15, 0.2) is 16.6 Å². The van der Waals surface area contributed by atoms with Gasteiger partial charge >= 0.3 is 0 Å². The Labute approximate surface area is 184 Å². The first-order valence-corrected chi connectivity index (χ1v) is 13.1. The smallest absolute Gasteiger partial charge is 0.243 e. The highest BCUT2D eigenvalue weighted by Crippen LogP contribution is 2.34. The first kappa shape index (κ1) is 21.4. The number of hydrogen-bond donors (Lipinski definition) is 1. The van der Waals surface area contributed by atoms with Crippen molar-refractivity contribution in [1.82, 2.24) is 9.29 Å². The molecular formula is C19H23N3O5S3. The van der Waals surface area contributed by atoms with Gasteiger partial charge in [-0.05, 0) is 38.2 Å². The van der Waals surface area contributed by atoms with Gasteiger partial charge in [-0.1, -0.05) is 11.3 Å². The lowest BCUT2D eigenvalue weighted by Crippen LogP contribution is -2.41. The number of anilines is 1. The lowest BCUT2D eigenvalue weighted by molar-refractivity contribution is -0.120. The molecule has 1 N–H and O–H groups in total. The van der Waals surface area contributed by atoms with E-state index in [2.05, 4.69) is 10.3 Å². The van der Waals surface area contributed by atoms with Crippen LogP contribution in [0.5, 0.6) is 11.5 Å². The number of aromatic nitrogens is 1. The summed E-state index contributed by atoms with van der Waals surface area (Å²) in [7, 11) is -3.66. The summed E-state index contributed by atoms with van der Waals surface area (Å²) in [5.41, 5.74) is 0.906. The van der Waals surface area contributed by atoms with Gasteiger partial charge in [-0.3, -0.25) is 4.79 Å². The predicted octanol–water partition coefficient (Wildman–Crippen LogP) is 2.98. The molecule has 0 bridgehead atoms. The van der Waals surface area contributed by atoms with Crippen LogP contribution >= 0.6 is 23.1 Å². The van der Waals surface area contributed by atoms with Crippen LogP contribution in [0.15, 0.2) is 27.3 Å². The Morgan fingerprint density at radius 1 is 1.23 bits per heavy atom. The average Bonchev–Trinajstić information content (AvgIpc) is 3.12. The second kappa shape index (κ2) is 8.74. The highest BCUT2D eigenvalue weighted by molar-refractivity contribution is 8.00. The van der Waals surface area contributed by atoms with Crippen LogP contribution in [0, 0.1) is 12.8 Å². The van der Waals surface area contributed by atoms with Gasteiger partial charge in [0.2, 0.25) is 15.9 Å². The number of aryl methyl sites for hydroxylation is 1. The fraction of sp³-hybridized carbons (Fsp3) is 0.474. The maximum atomic E-state index is 13.0. The molecule has 0 unspecified atom stereocenters. The molecule has 3 heterocycles. The molecule has 0 aliphatic carbocycles. The Bertz CT molecular complexity index is 1050. The zero-order chi connectivity index (χ0) is 21.3. The summed E-state index contributed by atoms with van der Waals surface area (Å²) in [6, 6.07) is 4.67. The summed E-state index contributed by atoms with van der Waals surface area (Å²) in [5, 5.41) is 3.47. The van der Waals surface area contributed by atoms with E-state index in [4.69, 9.17) is 9.47 Å². The normalized spacial score (nSPS) is 17.7. The van der Waals surface area contributed by atoms with Crippen molar-refractivity contribution < 1.29 is 22.7 Å². The SMILES string of the molecule is CSc1sc(NC(=O)C2CCN(S(=O)(=O)c3ccc4c(c3)OCCO4)CC2)nc1C. The standard InChI is InChI=1S/C19H23N3O5S3/c1-12-18(28-2)29-19(20-12)21-17(23)13-5-7-22(8-6-13)30(24,25)14-3-4-15-16(11-14)27-10-9-26-15/h3-4,11,13H,5-10H2,1-2H3,(H,20,21,23). The fourth-order valence-corrected chi connectivity index (χ4v) is 6.62. The van der Waals surface area contributed by atoms with Gasteiger partial charge in [0.05, 0.1) is 14.8 Å². The zero-order valence-corrected chi connectivity index (χ0v) is 19.2. The zero-order valence-electron chi connectivity index (χ0n) is 16.7. The van der Waals surface area contributed by atoms with E-state index < -0.39 is 10.0 Å². The third-order valence-corrected chi connectivity index (χ3v) is 9.32. The molecule has 2 aliphatic rings.